The Hall–Kier alpha value is -2.47. The molecule has 2 aliphatic heterocycles. The van der Waals surface area contributed by atoms with Gasteiger partial charge in [-0.05, 0) is 83.8 Å². The minimum atomic E-state index is -0.0248. The summed E-state index contributed by atoms with van der Waals surface area (Å²) >= 11 is 0. The molecule has 2 N–H and O–H groups in total. The summed E-state index contributed by atoms with van der Waals surface area (Å²) in [6.07, 6.45) is 12.2. The quantitative estimate of drug-likeness (QED) is 0.507. The lowest BCUT2D eigenvalue weighted by Gasteiger charge is -2.36. The van der Waals surface area contributed by atoms with Crippen LogP contribution < -0.4 is 5.32 Å². The molecule has 2 fully saturated rings. The van der Waals surface area contributed by atoms with Crippen LogP contribution >= 0.6 is 0 Å². The number of aliphatic hydroxyl groups excluding tert-OH is 1. The molecule has 38 heavy (non-hydrogen) atoms. The lowest BCUT2D eigenvalue weighted by atomic mass is 9.71. The van der Waals surface area contributed by atoms with Gasteiger partial charge in [-0.1, -0.05) is 50.3 Å². The topological polar surface area (TPSA) is 57.6 Å². The summed E-state index contributed by atoms with van der Waals surface area (Å²) in [5.74, 6) is 1.09. The van der Waals surface area contributed by atoms with Crippen molar-refractivity contribution in [2.45, 2.75) is 69.9 Å². The molecule has 202 valence electrons. The van der Waals surface area contributed by atoms with Gasteiger partial charge in [0, 0.05) is 49.6 Å². The van der Waals surface area contributed by atoms with Crippen molar-refractivity contribution in [1.82, 2.24) is 15.2 Å². The van der Waals surface area contributed by atoms with Crippen LogP contribution in [0.15, 0.2) is 66.6 Å². The van der Waals surface area contributed by atoms with Gasteiger partial charge >= 0.3 is 0 Å². The number of hydrogen-bond donors (Lipinski definition) is 2. The van der Waals surface area contributed by atoms with E-state index < -0.39 is 0 Å². The first-order chi connectivity index (χ1) is 18.6. The van der Waals surface area contributed by atoms with Crippen LogP contribution in [0.2, 0.25) is 0 Å². The van der Waals surface area contributed by atoms with Gasteiger partial charge in [-0.25, -0.2) is 0 Å². The van der Waals surface area contributed by atoms with Crippen LogP contribution in [0.4, 0.5) is 0 Å². The highest BCUT2D eigenvalue weighted by atomic mass is 16.5. The molecule has 1 aromatic heterocycles. The van der Waals surface area contributed by atoms with Crippen molar-refractivity contribution >= 4 is 5.57 Å². The SMILES string of the molecule is C=C(c1cccc(C2CCC(N3CCOCC3)NC3=C2CCC3c2cccnc2)c1)C1(C)CCC[C@@H]1CO. The smallest absolute Gasteiger partial charge is 0.0792 e. The van der Waals surface area contributed by atoms with Gasteiger partial charge in [0.05, 0.1) is 19.4 Å². The highest BCUT2D eigenvalue weighted by molar-refractivity contribution is 5.69. The lowest BCUT2D eigenvalue weighted by Crippen LogP contribution is -2.50. The Morgan fingerprint density at radius 3 is 2.74 bits per heavy atom. The van der Waals surface area contributed by atoms with Gasteiger partial charge in [-0.3, -0.25) is 9.88 Å². The molecule has 5 heteroatoms. The Morgan fingerprint density at radius 2 is 1.95 bits per heavy atom. The largest absolute Gasteiger partial charge is 0.396 e. The fraction of sp³-hybridized carbons (Fsp3) is 0.545. The summed E-state index contributed by atoms with van der Waals surface area (Å²) in [6, 6.07) is 13.5. The lowest BCUT2D eigenvalue weighted by molar-refractivity contribution is 0.00884. The molecule has 4 aliphatic rings. The highest BCUT2D eigenvalue weighted by Gasteiger charge is 2.41. The summed E-state index contributed by atoms with van der Waals surface area (Å²) in [5.41, 5.74) is 8.16. The summed E-state index contributed by atoms with van der Waals surface area (Å²) in [7, 11) is 0. The van der Waals surface area contributed by atoms with Gasteiger partial charge < -0.3 is 15.2 Å². The van der Waals surface area contributed by atoms with E-state index in [-0.39, 0.29) is 12.0 Å². The number of aromatic nitrogens is 1. The zero-order valence-electron chi connectivity index (χ0n) is 22.9. The van der Waals surface area contributed by atoms with Crippen LogP contribution in [-0.4, -0.2) is 54.1 Å². The highest BCUT2D eigenvalue weighted by Crippen LogP contribution is 2.52. The van der Waals surface area contributed by atoms with Crippen molar-refractivity contribution in [3.05, 3.63) is 83.3 Å². The number of hydrogen-bond acceptors (Lipinski definition) is 5. The van der Waals surface area contributed by atoms with E-state index in [0.29, 0.717) is 23.9 Å². The van der Waals surface area contributed by atoms with Gasteiger partial charge in [0.25, 0.3) is 0 Å². The summed E-state index contributed by atoms with van der Waals surface area (Å²) in [4.78, 5) is 7.05. The number of morpholine rings is 1. The van der Waals surface area contributed by atoms with Gasteiger partial charge in [-0.15, -0.1) is 0 Å². The minimum Gasteiger partial charge on any atom is -0.396 e. The molecule has 1 saturated carbocycles. The Labute approximate surface area is 228 Å². The molecule has 1 saturated heterocycles. The number of aliphatic hydroxyl groups is 1. The molecule has 6 rings (SSSR count). The van der Waals surface area contributed by atoms with Crippen LogP contribution in [0, 0.1) is 11.3 Å². The van der Waals surface area contributed by atoms with Crippen molar-refractivity contribution in [2.24, 2.45) is 11.3 Å². The number of ether oxygens (including phenoxy) is 1. The maximum absolute atomic E-state index is 10.1. The normalized spacial score (nSPS) is 32.1. The predicted octanol–water partition coefficient (Wildman–Crippen LogP) is 5.85. The Bertz CT molecular complexity index is 1170. The zero-order chi connectivity index (χ0) is 26.1. The van der Waals surface area contributed by atoms with E-state index in [9.17, 15) is 5.11 Å². The second kappa shape index (κ2) is 11.0. The third-order valence-corrected chi connectivity index (χ3v) is 10.1. The molecule has 4 unspecified atom stereocenters. The van der Waals surface area contributed by atoms with Crippen LogP contribution in [0.5, 0.6) is 0 Å². The Balaban J connectivity index is 1.34. The molecule has 1 aromatic carbocycles. The number of allylic oxidation sites excluding steroid dienone is 3. The number of rotatable bonds is 6. The molecule has 0 spiro atoms. The third-order valence-electron chi connectivity index (χ3n) is 10.1. The molecule has 5 nitrogen and oxygen atoms in total. The van der Waals surface area contributed by atoms with E-state index in [2.05, 4.69) is 71.3 Å². The van der Waals surface area contributed by atoms with Crippen LogP contribution in [-0.2, 0) is 4.74 Å². The first kappa shape index (κ1) is 25.8. The first-order valence-electron chi connectivity index (χ1n) is 14.7. The predicted molar refractivity (Wildman–Crippen MR) is 153 cm³/mol. The summed E-state index contributed by atoms with van der Waals surface area (Å²) in [5, 5.41) is 14.1. The average Bonchev–Trinajstić information content (AvgIpc) is 3.51. The van der Waals surface area contributed by atoms with E-state index in [1.165, 1.54) is 34.4 Å². The van der Waals surface area contributed by atoms with Crippen molar-refractivity contribution in [3.8, 4) is 0 Å². The fourth-order valence-electron chi connectivity index (χ4n) is 7.76. The summed E-state index contributed by atoms with van der Waals surface area (Å²) in [6.45, 7) is 10.8. The van der Waals surface area contributed by atoms with E-state index in [1.807, 2.05) is 6.20 Å². The molecule has 0 bridgehead atoms. The van der Waals surface area contributed by atoms with Crippen molar-refractivity contribution in [1.29, 1.82) is 0 Å². The standard InChI is InChI=1S/C33H43N3O2/c1-23(33(2)14-4-9-27(33)22-37)24-6-3-7-25(20-24)28-12-13-31(36-16-18-38-19-17-36)35-32-29(10-11-30(28)32)26-8-5-15-34-21-26/h3,5-8,15,20-21,27-29,31,35,37H,1,4,9-14,16-19,22H2,2H3/t27-,28?,29?,31?,33?/m1/s1. The van der Waals surface area contributed by atoms with Crippen molar-refractivity contribution in [3.63, 3.8) is 0 Å². The second-order valence-electron chi connectivity index (χ2n) is 12.0. The molecule has 2 aromatic rings. The molecular weight excluding hydrogens is 470 g/mol. The maximum atomic E-state index is 10.1. The van der Waals surface area contributed by atoms with Crippen LogP contribution in [0.3, 0.4) is 0 Å². The first-order valence-corrected chi connectivity index (χ1v) is 14.7. The van der Waals surface area contributed by atoms with Gasteiger partial charge in [0.2, 0.25) is 0 Å². The van der Waals surface area contributed by atoms with Gasteiger partial charge in [0.1, 0.15) is 0 Å². The fourth-order valence-corrected chi connectivity index (χ4v) is 7.76. The van der Waals surface area contributed by atoms with E-state index in [1.54, 1.807) is 5.57 Å². The average molecular weight is 514 g/mol. The molecule has 0 radical (unpaired) electrons. The van der Waals surface area contributed by atoms with Crippen molar-refractivity contribution in [2.75, 3.05) is 32.9 Å². The Kier molecular flexibility index (Phi) is 7.43. The van der Waals surface area contributed by atoms with E-state index >= 15 is 0 Å². The molecule has 3 heterocycles. The zero-order valence-corrected chi connectivity index (χ0v) is 22.9. The third kappa shape index (κ3) is 4.74. The van der Waals surface area contributed by atoms with E-state index in [0.717, 1.165) is 64.8 Å². The number of nitrogens with zero attached hydrogens (tertiary/aromatic N) is 2. The minimum absolute atomic E-state index is 0.0248. The second-order valence-corrected chi connectivity index (χ2v) is 12.0. The monoisotopic (exact) mass is 513 g/mol. The summed E-state index contributed by atoms with van der Waals surface area (Å²) < 4.78 is 5.68. The molecule has 5 atom stereocenters. The molecule has 2 aliphatic carbocycles. The molecular formula is C33H43N3O2. The Morgan fingerprint density at radius 1 is 1.11 bits per heavy atom. The van der Waals surface area contributed by atoms with Gasteiger partial charge in [0.15, 0.2) is 0 Å². The number of benzene rings is 1. The van der Waals surface area contributed by atoms with Gasteiger partial charge in [-0.2, -0.15) is 0 Å². The van der Waals surface area contributed by atoms with Crippen LogP contribution in [0.25, 0.3) is 5.57 Å². The number of nitrogens with one attached hydrogen (secondary N) is 1. The van der Waals surface area contributed by atoms with E-state index in [4.69, 9.17) is 4.74 Å². The maximum Gasteiger partial charge on any atom is 0.0792 e. The number of pyridine rings is 1. The van der Waals surface area contributed by atoms with Crippen molar-refractivity contribution < 1.29 is 9.84 Å². The molecule has 0 amide bonds. The van der Waals surface area contributed by atoms with Crippen LogP contribution in [0.1, 0.15) is 80.4 Å².